The van der Waals surface area contributed by atoms with Crippen LogP contribution in [0.2, 0.25) is 0 Å². The highest BCUT2D eigenvalue weighted by atomic mass is 31.2. The average molecular weight is 1400 g/mol. The van der Waals surface area contributed by atoms with E-state index in [-0.39, 0.29) is 19.3 Å². The van der Waals surface area contributed by atoms with Gasteiger partial charge in [-0.1, -0.05) is 289 Å². The fourth-order valence-electron chi connectivity index (χ4n) is 9.72. The Labute approximate surface area is 588 Å². The molecule has 16 nitrogen and oxygen atoms in total. The molecule has 0 fully saturated rings. The molecule has 0 bridgehead atoms. The lowest BCUT2D eigenvalue weighted by atomic mass is 10.0. The van der Waals surface area contributed by atoms with E-state index < -0.39 is 91.5 Å². The van der Waals surface area contributed by atoms with Crippen LogP contribution in [0, 0.1) is 0 Å². The third-order valence-electron chi connectivity index (χ3n) is 15.4. The van der Waals surface area contributed by atoms with Gasteiger partial charge in [-0.25, -0.2) is 9.13 Å². The SMILES string of the molecule is CC/C=C\C/C=C\C/C=C\C/C=C\C/C=C\C/C=C\CCCCCCC(=O)OCC(COP(=O)(O)OCC(O)COP(=O)(O)OCC(O)COC(=O)CCCCCCCCCCC/C=C\C/C=C\C/C=C\C/C=C\C/C=C\CC)OC(=O)CCCCCCCCCCCCCCC. The number of carbonyl (C=O) groups is 3. The standard InChI is InChI=1S/C79H134O16P2/c1-4-7-10-13-16-19-22-25-27-29-31-33-35-36-38-40-41-43-45-48-50-53-56-59-62-65-77(82)89-68-74(80)69-91-96(85,86)92-70-75(81)71-93-97(87,88)94-73-76(95-79(84)67-64-61-58-55-52-47-24-21-18-15-12-9-6-3)72-90-78(83)66-63-60-57-54-51-49-46-44-42-39-37-34-32-30-28-26-23-20-17-14-11-8-5-2/h7-8,10-11,16-17,19-20,25-28,31-34,36,38-39,42,46,49,74-76,80-81H,4-6,9,12-15,18,21-24,29-30,35,37,40-41,43-45,47-48,50-73H2,1-3H3,(H,85,86)(H,87,88)/b10-7-,11-8-,19-16-,20-17-,27-25-,28-26-,33-31-,34-32-,38-36-,42-39-,49-46-. The van der Waals surface area contributed by atoms with E-state index >= 15 is 0 Å². The summed E-state index contributed by atoms with van der Waals surface area (Å²) in [5, 5.41) is 20.6. The molecular weight excluding hydrogens is 1270 g/mol. The maximum absolute atomic E-state index is 12.9. The van der Waals surface area contributed by atoms with Gasteiger partial charge in [0.05, 0.1) is 26.4 Å². The first kappa shape index (κ1) is 92.7. The van der Waals surface area contributed by atoms with Gasteiger partial charge < -0.3 is 34.2 Å². The van der Waals surface area contributed by atoms with Crippen LogP contribution < -0.4 is 0 Å². The van der Waals surface area contributed by atoms with Crippen LogP contribution in [0.5, 0.6) is 0 Å². The lowest BCUT2D eigenvalue weighted by molar-refractivity contribution is -0.161. The van der Waals surface area contributed by atoms with Crippen LogP contribution in [0.25, 0.3) is 0 Å². The topological polar surface area (TPSA) is 231 Å². The van der Waals surface area contributed by atoms with Crippen molar-refractivity contribution >= 4 is 33.6 Å². The summed E-state index contributed by atoms with van der Waals surface area (Å²) in [6, 6.07) is 0. The quantitative estimate of drug-likeness (QED) is 0.0146. The van der Waals surface area contributed by atoms with Crippen LogP contribution >= 0.6 is 15.6 Å². The summed E-state index contributed by atoms with van der Waals surface area (Å²) >= 11 is 0. The number of esters is 3. The number of hydrogen-bond donors (Lipinski definition) is 4. The van der Waals surface area contributed by atoms with Crippen molar-refractivity contribution < 1.29 is 75.8 Å². The van der Waals surface area contributed by atoms with Crippen LogP contribution in [-0.2, 0) is 55.8 Å². The van der Waals surface area contributed by atoms with Crippen LogP contribution in [-0.4, -0.2) is 95.9 Å². The van der Waals surface area contributed by atoms with Crippen molar-refractivity contribution in [2.45, 2.75) is 309 Å². The molecule has 0 saturated heterocycles. The summed E-state index contributed by atoms with van der Waals surface area (Å²) in [5.74, 6) is -1.61. The second-order valence-electron chi connectivity index (χ2n) is 24.7. The van der Waals surface area contributed by atoms with Gasteiger partial charge in [0.15, 0.2) is 6.10 Å². The largest absolute Gasteiger partial charge is 0.472 e. The molecule has 0 amide bonds. The molecule has 0 aromatic rings. The average Bonchev–Trinajstić information content (AvgIpc) is 1.87. The molecule has 556 valence electrons. The monoisotopic (exact) mass is 1400 g/mol. The van der Waals surface area contributed by atoms with Gasteiger partial charge in [-0.15, -0.1) is 0 Å². The third kappa shape index (κ3) is 72.8. The Morgan fingerprint density at radius 3 is 0.866 bits per heavy atom. The van der Waals surface area contributed by atoms with Crippen molar-refractivity contribution in [1.82, 2.24) is 0 Å². The highest BCUT2D eigenvalue weighted by molar-refractivity contribution is 7.47. The van der Waals surface area contributed by atoms with E-state index in [1.54, 1.807) is 0 Å². The number of allylic oxidation sites excluding steroid dienone is 22. The fraction of sp³-hybridized carbons (Fsp3) is 0.684. The minimum absolute atomic E-state index is 0.0983. The second-order valence-corrected chi connectivity index (χ2v) is 27.6. The first-order chi connectivity index (χ1) is 47.2. The van der Waals surface area contributed by atoms with E-state index in [0.29, 0.717) is 19.3 Å². The number of rotatable bonds is 70. The number of phosphoric ester groups is 2. The van der Waals surface area contributed by atoms with E-state index in [9.17, 15) is 43.5 Å². The Morgan fingerprint density at radius 2 is 0.546 bits per heavy atom. The van der Waals surface area contributed by atoms with Gasteiger partial charge in [-0.05, 0) is 116 Å². The first-order valence-electron chi connectivity index (χ1n) is 37.5. The van der Waals surface area contributed by atoms with Crippen LogP contribution in [0.15, 0.2) is 134 Å². The Morgan fingerprint density at radius 1 is 0.299 bits per heavy atom. The van der Waals surface area contributed by atoms with Crippen LogP contribution in [0.1, 0.15) is 290 Å². The summed E-state index contributed by atoms with van der Waals surface area (Å²) in [6.45, 7) is 2.42. The molecular formula is C79H134O16P2. The zero-order valence-corrected chi connectivity index (χ0v) is 62.2. The van der Waals surface area contributed by atoms with Gasteiger partial charge in [0, 0.05) is 19.3 Å². The number of aliphatic hydroxyl groups is 2. The molecule has 0 saturated carbocycles. The van der Waals surface area contributed by atoms with E-state index in [1.807, 2.05) is 0 Å². The summed E-state index contributed by atoms with van der Waals surface area (Å²) in [4.78, 5) is 58.5. The molecule has 5 atom stereocenters. The highest BCUT2D eigenvalue weighted by Gasteiger charge is 2.29. The number of aliphatic hydroxyl groups excluding tert-OH is 2. The Balaban J connectivity index is 4.60. The van der Waals surface area contributed by atoms with Gasteiger partial charge in [0.1, 0.15) is 25.4 Å². The minimum Gasteiger partial charge on any atom is -0.463 e. The Hall–Kier alpha value is -4.31. The number of carbonyl (C=O) groups excluding carboxylic acids is 3. The van der Waals surface area contributed by atoms with Gasteiger partial charge in [-0.2, -0.15) is 0 Å². The second kappa shape index (κ2) is 71.5. The smallest absolute Gasteiger partial charge is 0.463 e. The molecule has 0 heterocycles. The van der Waals surface area contributed by atoms with Gasteiger partial charge in [0.25, 0.3) is 0 Å². The molecule has 0 radical (unpaired) electrons. The molecule has 5 unspecified atom stereocenters. The fourth-order valence-corrected chi connectivity index (χ4v) is 11.3. The van der Waals surface area contributed by atoms with Gasteiger partial charge in [-0.3, -0.25) is 32.5 Å². The minimum atomic E-state index is -4.93. The lowest BCUT2D eigenvalue weighted by Gasteiger charge is -2.21. The first-order valence-corrected chi connectivity index (χ1v) is 40.5. The number of phosphoric acid groups is 2. The van der Waals surface area contributed by atoms with Crippen molar-refractivity contribution in [2.75, 3.05) is 39.6 Å². The van der Waals surface area contributed by atoms with E-state index in [2.05, 4.69) is 154 Å². The van der Waals surface area contributed by atoms with E-state index in [1.165, 1.54) is 77.0 Å². The van der Waals surface area contributed by atoms with Crippen molar-refractivity contribution in [2.24, 2.45) is 0 Å². The molecule has 0 aliphatic rings. The molecule has 18 heteroatoms. The molecule has 0 rings (SSSR count). The number of hydrogen-bond acceptors (Lipinski definition) is 14. The molecule has 0 aliphatic carbocycles. The maximum Gasteiger partial charge on any atom is 0.472 e. The van der Waals surface area contributed by atoms with E-state index in [4.69, 9.17) is 32.3 Å². The zero-order chi connectivity index (χ0) is 70.9. The summed E-state index contributed by atoms with van der Waals surface area (Å²) in [6.07, 6.45) is 84.9. The predicted octanol–water partition coefficient (Wildman–Crippen LogP) is 21.5. The van der Waals surface area contributed by atoms with Crippen molar-refractivity contribution in [3.05, 3.63) is 134 Å². The highest BCUT2D eigenvalue weighted by Crippen LogP contribution is 2.45. The zero-order valence-electron chi connectivity index (χ0n) is 60.5. The van der Waals surface area contributed by atoms with Gasteiger partial charge >= 0.3 is 33.6 Å². The lowest BCUT2D eigenvalue weighted by Crippen LogP contribution is -2.30. The third-order valence-corrected chi connectivity index (χ3v) is 17.3. The maximum atomic E-state index is 12.9. The van der Waals surface area contributed by atoms with Gasteiger partial charge in [0.2, 0.25) is 0 Å². The summed E-state index contributed by atoms with van der Waals surface area (Å²) in [7, 11) is -9.79. The molecule has 97 heavy (non-hydrogen) atoms. The number of unbranched alkanes of at least 4 members (excludes halogenated alkanes) is 25. The Kier molecular flexibility index (Phi) is 68.3. The van der Waals surface area contributed by atoms with Crippen molar-refractivity contribution in [1.29, 1.82) is 0 Å². The number of ether oxygens (including phenoxy) is 3. The molecule has 0 spiro atoms. The normalized spacial score (nSPS) is 14.8. The van der Waals surface area contributed by atoms with Crippen molar-refractivity contribution in [3.8, 4) is 0 Å². The van der Waals surface area contributed by atoms with Crippen molar-refractivity contribution in [3.63, 3.8) is 0 Å². The molecule has 0 aromatic heterocycles. The Bertz CT molecular complexity index is 2300. The summed E-state index contributed by atoms with van der Waals surface area (Å²) in [5.41, 5.74) is 0. The predicted molar refractivity (Wildman–Crippen MR) is 399 cm³/mol. The summed E-state index contributed by atoms with van der Waals surface area (Å²) < 4.78 is 61.0. The van der Waals surface area contributed by atoms with E-state index in [0.717, 1.165) is 154 Å². The molecule has 4 N–H and O–H groups in total. The molecule has 0 aromatic carbocycles. The molecule has 0 aliphatic heterocycles. The van der Waals surface area contributed by atoms with Crippen LogP contribution in [0.4, 0.5) is 0 Å². The van der Waals surface area contributed by atoms with Crippen LogP contribution in [0.3, 0.4) is 0 Å².